The van der Waals surface area contributed by atoms with Gasteiger partial charge in [-0.1, -0.05) is 18.2 Å². The lowest BCUT2D eigenvalue weighted by Gasteiger charge is -2.30. The molecule has 1 aliphatic heterocycles. The summed E-state index contributed by atoms with van der Waals surface area (Å²) in [6.45, 7) is 5.18. The van der Waals surface area contributed by atoms with Gasteiger partial charge in [0, 0.05) is 49.8 Å². The van der Waals surface area contributed by atoms with E-state index in [0.29, 0.717) is 23.0 Å². The third-order valence-electron chi connectivity index (χ3n) is 4.76. The van der Waals surface area contributed by atoms with Crippen LogP contribution in [0.3, 0.4) is 0 Å². The molecule has 1 aliphatic rings. The number of halogens is 1. The number of hydrogen-bond donors (Lipinski definition) is 2. The van der Waals surface area contributed by atoms with Crippen LogP contribution in [0, 0.1) is 0 Å². The maximum atomic E-state index is 13.0. The molecule has 2 aromatic heterocycles. The molecule has 0 amide bonds. The van der Waals surface area contributed by atoms with Crippen molar-refractivity contribution in [2.24, 2.45) is 0 Å². The van der Waals surface area contributed by atoms with Crippen LogP contribution in [0.1, 0.15) is 17.3 Å². The number of pyridine rings is 1. The van der Waals surface area contributed by atoms with Crippen LogP contribution in [0.4, 0.5) is 17.3 Å². The highest BCUT2D eigenvalue weighted by Gasteiger charge is 2.27. The monoisotopic (exact) mass is 440 g/mol. The number of piperazine rings is 1. The molecule has 1 aromatic carbocycles. The molecule has 162 valence electrons. The van der Waals surface area contributed by atoms with Crippen LogP contribution < -0.4 is 15.5 Å². The summed E-state index contributed by atoms with van der Waals surface area (Å²) < 4.78 is 5.37. The molecule has 3 aromatic rings. The molecule has 0 spiro atoms. The molecule has 0 bridgehead atoms. The van der Waals surface area contributed by atoms with E-state index in [1.165, 1.54) is 0 Å². The van der Waals surface area contributed by atoms with E-state index in [1.807, 2.05) is 42.5 Å². The van der Waals surface area contributed by atoms with E-state index in [-0.39, 0.29) is 19.0 Å². The van der Waals surface area contributed by atoms with Crippen molar-refractivity contribution in [2.75, 3.05) is 43.0 Å². The lowest BCUT2D eigenvalue weighted by molar-refractivity contribution is 0.0527. The van der Waals surface area contributed by atoms with Crippen LogP contribution in [0.25, 0.3) is 11.4 Å². The summed E-state index contributed by atoms with van der Waals surface area (Å²) in [5.74, 6) is 1.09. The second-order valence-electron chi connectivity index (χ2n) is 6.78. The molecule has 0 aliphatic carbocycles. The average molecular weight is 441 g/mol. The van der Waals surface area contributed by atoms with Crippen molar-refractivity contribution < 1.29 is 9.53 Å². The molecule has 0 atom stereocenters. The van der Waals surface area contributed by atoms with Crippen molar-refractivity contribution in [2.45, 2.75) is 6.92 Å². The largest absolute Gasteiger partial charge is 0.462 e. The number of aromatic nitrogens is 3. The third kappa shape index (κ3) is 5.28. The zero-order valence-electron chi connectivity index (χ0n) is 17.2. The minimum absolute atomic E-state index is 0. The van der Waals surface area contributed by atoms with Gasteiger partial charge in [-0.3, -0.25) is 4.98 Å². The highest BCUT2D eigenvalue weighted by molar-refractivity contribution is 6.01. The summed E-state index contributed by atoms with van der Waals surface area (Å²) in [4.78, 5) is 28.6. The zero-order valence-corrected chi connectivity index (χ0v) is 18.1. The van der Waals surface area contributed by atoms with Gasteiger partial charge in [-0.05, 0) is 31.2 Å². The SMILES string of the molecule is CCOC(=O)c1c(Nc2ccccc2)nc(-c2ccncc2)nc1N1CCNCC1.Cl. The Hall–Kier alpha value is -3.23. The highest BCUT2D eigenvalue weighted by atomic mass is 35.5. The Balaban J connectivity index is 0.00000272. The molecular formula is C22H25ClN6O2. The van der Waals surface area contributed by atoms with Gasteiger partial charge in [0.25, 0.3) is 0 Å². The van der Waals surface area contributed by atoms with E-state index in [1.54, 1.807) is 19.3 Å². The van der Waals surface area contributed by atoms with Crippen LogP contribution >= 0.6 is 12.4 Å². The van der Waals surface area contributed by atoms with Gasteiger partial charge in [-0.25, -0.2) is 14.8 Å². The molecule has 2 N–H and O–H groups in total. The Bertz CT molecular complexity index is 998. The average Bonchev–Trinajstić information content (AvgIpc) is 2.80. The first kappa shape index (κ1) is 22.5. The summed E-state index contributed by atoms with van der Waals surface area (Å²) in [5, 5.41) is 6.63. The van der Waals surface area contributed by atoms with Crippen LogP contribution in [0.2, 0.25) is 0 Å². The fourth-order valence-corrected chi connectivity index (χ4v) is 3.32. The maximum Gasteiger partial charge on any atom is 0.345 e. The first-order chi connectivity index (χ1) is 14.8. The predicted molar refractivity (Wildman–Crippen MR) is 123 cm³/mol. The number of hydrogen-bond acceptors (Lipinski definition) is 8. The minimum Gasteiger partial charge on any atom is -0.462 e. The van der Waals surface area contributed by atoms with Gasteiger partial charge in [0.1, 0.15) is 11.4 Å². The molecule has 1 fully saturated rings. The molecule has 1 saturated heterocycles. The number of carbonyl (C=O) groups excluding carboxylic acids is 1. The number of para-hydroxylation sites is 1. The molecule has 31 heavy (non-hydrogen) atoms. The number of carbonyl (C=O) groups is 1. The fraction of sp³-hybridized carbons (Fsp3) is 0.273. The topological polar surface area (TPSA) is 92.3 Å². The summed E-state index contributed by atoms with van der Waals surface area (Å²) in [5.41, 5.74) is 2.00. The van der Waals surface area contributed by atoms with Gasteiger partial charge >= 0.3 is 5.97 Å². The number of rotatable bonds is 6. The summed E-state index contributed by atoms with van der Waals surface area (Å²) in [6, 6.07) is 13.3. The maximum absolute atomic E-state index is 13.0. The van der Waals surface area contributed by atoms with Crippen molar-refractivity contribution in [1.82, 2.24) is 20.3 Å². The summed E-state index contributed by atoms with van der Waals surface area (Å²) >= 11 is 0. The Morgan fingerprint density at radius 1 is 1.10 bits per heavy atom. The lowest BCUT2D eigenvalue weighted by Crippen LogP contribution is -2.44. The van der Waals surface area contributed by atoms with Crippen molar-refractivity contribution in [3.63, 3.8) is 0 Å². The normalized spacial score (nSPS) is 13.3. The summed E-state index contributed by atoms with van der Waals surface area (Å²) in [7, 11) is 0. The first-order valence-electron chi connectivity index (χ1n) is 10.0. The predicted octanol–water partition coefficient (Wildman–Crippen LogP) is 3.29. The van der Waals surface area contributed by atoms with E-state index in [9.17, 15) is 4.79 Å². The molecule has 0 saturated carbocycles. The van der Waals surface area contributed by atoms with Crippen LogP contribution in [0.15, 0.2) is 54.9 Å². The van der Waals surface area contributed by atoms with Gasteiger partial charge in [-0.15, -0.1) is 12.4 Å². The van der Waals surface area contributed by atoms with Crippen LogP contribution in [0.5, 0.6) is 0 Å². The van der Waals surface area contributed by atoms with Crippen molar-refractivity contribution >= 4 is 35.7 Å². The van der Waals surface area contributed by atoms with E-state index in [4.69, 9.17) is 14.7 Å². The molecule has 0 unspecified atom stereocenters. The number of ether oxygens (including phenoxy) is 1. The third-order valence-corrected chi connectivity index (χ3v) is 4.76. The highest BCUT2D eigenvalue weighted by Crippen LogP contribution is 2.31. The number of benzene rings is 1. The number of nitrogens with one attached hydrogen (secondary N) is 2. The Morgan fingerprint density at radius 3 is 2.48 bits per heavy atom. The van der Waals surface area contributed by atoms with E-state index < -0.39 is 5.97 Å². The second kappa shape index (κ2) is 10.7. The van der Waals surface area contributed by atoms with E-state index >= 15 is 0 Å². The Labute approximate surface area is 187 Å². The van der Waals surface area contributed by atoms with Crippen LogP contribution in [-0.4, -0.2) is 53.7 Å². The van der Waals surface area contributed by atoms with Gasteiger partial charge in [-0.2, -0.15) is 0 Å². The van der Waals surface area contributed by atoms with Crippen molar-refractivity contribution in [3.05, 3.63) is 60.4 Å². The summed E-state index contributed by atoms with van der Waals surface area (Å²) in [6.07, 6.45) is 3.40. The molecule has 3 heterocycles. The number of esters is 1. The van der Waals surface area contributed by atoms with Crippen molar-refractivity contribution in [1.29, 1.82) is 0 Å². The molecule has 4 rings (SSSR count). The van der Waals surface area contributed by atoms with E-state index in [0.717, 1.165) is 37.4 Å². The first-order valence-corrected chi connectivity index (χ1v) is 10.0. The molecule has 0 radical (unpaired) electrons. The van der Waals surface area contributed by atoms with Gasteiger partial charge in [0.15, 0.2) is 11.6 Å². The number of nitrogens with zero attached hydrogens (tertiary/aromatic N) is 4. The fourth-order valence-electron chi connectivity index (χ4n) is 3.32. The molecule has 9 heteroatoms. The minimum atomic E-state index is -0.439. The van der Waals surface area contributed by atoms with Gasteiger partial charge < -0.3 is 20.3 Å². The quantitative estimate of drug-likeness (QED) is 0.564. The lowest BCUT2D eigenvalue weighted by atomic mass is 10.2. The van der Waals surface area contributed by atoms with Gasteiger partial charge in [0.2, 0.25) is 0 Å². The van der Waals surface area contributed by atoms with Crippen LogP contribution in [-0.2, 0) is 4.74 Å². The smallest absolute Gasteiger partial charge is 0.345 e. The number of anilines is 3. The van der Waals surface area contributed by atoms with Gasteiger partial charge in [0.05, 0.1) is 6.61 Å². The Kier molecular flexibility index (Phi) is 7.75. The molecular weight excluding hydrogens is 416 g/mol. The standard InChI is InChI=1S/C22H24N6O2.ClH/c1-2-30-22(29)18-20(25-17-6-4-3-5-7-17)26-19(16-8-10-23-11-9-16)27-21(18)28-14-12-24-13-15-28;/h3-11,24H,2,12-15H2,1H3,(H,25,26,27);1H. The Morgan fingerprint density at radius 2 is 1.81 bits per heavy atom. The van der Waals surface area contributed by atoms with E-state index in [2.05, 4.69) is 20.5 Å². The second-order valence-corrected chi connectivity index (χ2v) is 6.78. The zero-order chi connectivity index (χ0) is 20.8. The molecule has 8 nitrogen and oxygen atoms in total. The van der Waals surface area contributed by atoms with Crippen molar-refractivity contribution in [3.8, 4) is 11.4 Å².